The van der Waals surface area contributed by atoms with Crippen molar-refractivity contribution in [2.45, 2.75) is 18.4 Å². The van der Waals surface area contributed by atoms with Gasteiger partial charge in [-0.15, -0.1) is 0 Å². The van der Waals surface area contributed by atoms with Crippen LogP contribution in [0.15, 0.2) is 0 Å². The molecule has 0 atom stereocenters. The Bertz CT molecular complexity index is 247. The van der Waals surface area contributed by atoms with E-state index in [0.29, 0.717) is 0 Å². The normalized spacial score (nSPS) is 9.40. The molecule has 0 fully saturated rings. The fourth-order valence-electron chi connectivity index (χ4n) is 0.714. The first-order chi connectivity index (χ1) is 5.78. The summed E-state index contributed by atoms with van der Waals surface area (Å²) in [4.78, 5) is 30.5. The van der Waals surface area contributed by atoms with E-state index in [4.69, 9.17) is 20.4 Å². The topological polar surface area (TPSA) is 132 Å². The van der Waals surface area contributed by atoms with Crippen LogP contribution < -0.4 is 0 Å². The van der Waals surface area contributed by atoms with Gasteiger partial charge in [-0.2, -0.15) is 0 Å². The van der Waals surface area contributed by atoms with Crippen LogP contribution in [0, 0.1) is 0 Å². The summed E-state index contributed by atoms with van der Waals surface area (Å²) in [5.41, 5.74) is -2.74. The van der Waals surface area contributed by atoms with Crippen LogP contribution in [-0.2, 0) is 33.9 Å². The minimum Gasteiger partial charge on any atom is -1.00 e. The third-order valence-corrected chi connectivity index (χ3v) is 1.29. The first kappa shape index (κ1) is 20.2. The molecule has 0 aliphatic carbocycles. The van der Waals surface area contributed by atoms with Crippen LogP contribution in [0.4, 0.5) is 0 Å². The molecule has 0 unspecified atom stereocenters. The molecule has 15 heavy (non-hydrogen) atoms. The van der Waals surface area contributed by atoms with Gasteiger partial charge in [0.05, 0.1) is 12.8 Å². The van der Waals surface area contributed by atoms with Crippen LogP contribution in [0.2, 0.25) is 0 Å². The third-order valence-electron chi connectivity index (χ3n) is 1.29. The van der Waals surface area contributed by atoms with Gasteiger partial charge in [-0.1, -0.05) is 0 Å². The van der Waals surface area contributed by atoms with E-state index in [1.165, 1.54) is 0 Å². The first-order valence-corrected chi connectivity index (χ1v) is 3.17. The van der Waals surface area contributed by atoms with Gasteiger partial charge < -0.3 is 23.3 Å². The molecule has 0 aromatic carbocycles. The van der Waals surface area contributed by atoms with Gasteiger partial charge in [-0.05, 0) is 0 Å². The minimum absolute atomic E-state index is 0. The van der Waals surface area contributed by atoms with Crippen LogP contribution in [0.25, 0.3) is 0 Å². The molecule has 7 nitrogen and oxygen atoms in total. The molecule has 0 aromatic rings. The number of carboxylic acid groups (broad SMARTS) is 3. The van der Waals surface area contributed by atoms with Crippen molar-refractivity contribution in [1.82, 2.24) is 0 Å². The zero-order valence-corrected chi connectivity index (χ0v) is 12.2. The summed E-state index contributed by atoms with van der Waals surface area (Å²) in [6, 6.07) is 0. The van der Waals surface area contributed by atoms with Crippen molar-refractivity contribution in [1.29, 1.82) is 0 Å². The molecule has 0 saturated heterocycles. The van der Waals surface area contributed by atoms with Crippen LogP contribution in [0.1, 0.15) is 15.7 Å². The number of hydrogen-bond donors (Lipinski definition) is 4. The van der Waals surface area contributed by atoms with E-state index < -0.39 is 36.4 Å². The summed E-state index contributed by atoms with van der Waals surface area (Å²) < 4.78 is 0. The fourth-order valence-corrected chi connectivity index (χ4v) is 0.714. The van der Waals surface area contributed by atoms with Crippen molar-refractivity contribution in [2.24, 2.45) is 0 Å². The zero-order valence-electron chi connectivity index (χ0n) is 9.84. The molecule has 9 heteroatoms. The van der Waals surface area contributed by atoms with E-state index in [0.717, 1.165) is 0 Å². The third kappa shape index (κ3) is 7.66. The van der Waals surface area contributed by atoms with Gasteiger partial charge in [0.25, 0.3) is 0 Å². The Morgan fingerprint density at radius 3 is 1.40 bits per heavy atom. The minimum atomic E-state index is -2.74. The Morgan fingerprint density at radius 1 is 1.00 bits per heavy atom. The molecule has 0 spiro atoms. The molecule has 0 rings (SSSR count). The summed E-state index contributed by atoms with van der Waals surface area (Å²) in [5.74, 6) is -5.02. The summed E-state index contributed by atoms with van der Waals surface area (Å²) in [5, 5.41) is 33.8. The average Bonchev–Trinajstić information content (AvgIpc) is 1.82. The van der Waals surface area contributed by atoms with Crippen molar-refractivity contribution in [3.63, 3.8) is 0 Å². The van der Waals surface area contributed by atoms with Gasteiger partial charge >= 0.3 is 41.0 Å². The zero-order chi connectivity index (χ0) is 10.6. The number of carbonyl (C=O) groups is 3. The number of aliphatic carboxylic acids is 3. The molecule has 0 heterocycles. The molecular weight excluding hydrogens is 274 g/mol. The molecule has 0 radical (unpaired) electrons. The van der Waals surface area contributed by atoms with Crippen LogP contribution in [-0.4, -0.2) is 67.0 Å². The largest absolute Gasteiger partial charge is 2.00 e. The second-order valence-corrected chi connectivity index (χ2v) is 2.48. The molecule has 80 valence electrons. The molecule has 0 aliphatic heterocycles. The number of rotatable bonds is 5. The molecule has 0 amide bonds. The molecule has 0 bridgehead atoms. The summed E-state index contributed by atoms with van der Waals surface area (Å²) in [6.07, 6.45) is -2.29. The van der Waals surface area contributed by atoms with Gasteiger partial charge in [0.2, 0.25) is 0 Å². The SMILES string of the molecule is O=C(O)CC(O)(CC(=O)O)C(=O)O.[H-].[H-].[Mg+2].[Zn]. The van der Waals surface area contributed by atoms with Crippen molar-refractivity contribution in [2.75, 3.05) is 0 Å². The van der Waals surface area contributed by atoms with Crippen molar-refractivity contribution >= 4 is 41.0 Å². The Morgan fingerprint density at radius 2 is 1.27 bits per heavy atom. The summed E-state index contributed by atoms with van der Waals surface area (Å²) in [6.45, 7) is 0. The number of carboxylic acids is 3. The van der Waals surface area contributed by atoms with Crippen LogP contribution >= 0.6 is 0 Å². The van der Waals surface area contributed by atoms with Crippen LogP contribution in [0.3, 0.4) is 0 Å². The Labute approximate surface area is 116 Å². The van der Waals surface area contributed by atoms with Crippen LogP contribution in [0.5, 0.6) is 0 Å². The molecule has 0 aromatic heterocycles. The Hall–Kier alpha value is -0.240. The quantitative estimate of drug-likeness (QED) is 0.456. The molecule has 0 aliphatic rings. The monoisotopic (exact) mass is 282 g/mol. The second kappa shape index (κ2) is 7.98. The summed E-state index contributed by atoms with van der Waals surface area (Å²) >= 11 is 0. The Balaban J connectivity index is -0.000000120. The van der Waals surface area contributed by atoms with Gasteiger partial charge in [-0.3, -0.25) is 9.59 Å². The van der Waals surface area contributed by atoms with Crippen molar-refractivity contribution < 1.29 is 57.1 Å². The molecule has 0 saturated carbocycles. The fraction of sp³-hybridized carbons (Fsp3) is 0.500. The van der Waals surface area contributed by atoms with E-state index in [2.05, 4.69) is 0 Å². The number of aliphatic hydroxyl groups is 1. The van der Waals surface area contributed by atoms with Gasteiger partial charge in [0.1, 0.15) is 0 Å². The maximum absolute atomic E-state index is 10.3. The summed E-state index contributed by atoms with van der Waals surface area (Å²) in [7, 11) is 0. The smallest absolute Gasteiger partial charge is 1.00 e. The number of hydrogen-bond acceptors (Lipinski definition) is 4. The predicted molar refractivity (Wildman–Crippen MR) is 45.1 cm³/mol. The predicted octanol–water partition coefficient (Wildman–Crippen LogP) is -1.41. The van der Waals surface area contributed by atoms with E-state index in [-0.39, 0.29) is 45.4 Å². The standard InChI is InChI=1S/C6H8O7.Mg.Zn.2H/c7-3(8)1-6(13,5(11)12)2-4(9)10;;;;/h13H,1-2H2,(H,7,8)(H,9,10)(H,11,12);;;;/q;+2;;2*-1. The molecule has 4 N–H and O–H groups in total. The van der Waals surface area contributed by atoms with Gasteiger partial charge in [-0.25, -0.2) is 4.79 Å². The van der Waals surface area contributed by atoms with E-state index in [1.807, 2.05) is 0 Å². The van der Waals surface area contributed by atoms with Crippen molar-refractivity contribution in [3.8, 4) is 0 Å². The maximum Gasteiger partial charge on any atom is 2.00 e. The van der Waals surface area contributed by atoms with Gasteiger partial charge in [0, 0.05) is 19.5 Å². The first-order valence-electron chi connectivity index (χ1n) is 3.17. The maximum atomic E-state index is 10.3. The van der Waals surface area contributed by atoms with E-state index in [9.17, 15) is 14.4 Å². The molecular formula is C6H10MgO7Zn. The van der Waals surface area contributed by atoms with Crippen molar-refractivity contribution in [3.05, 3.63) is 0 Å². The van der Waals surface area contributed by atoms with E-state index >= 15 is 0 Å². The van der Waals surface area contributed by atoms with E-state index in [1.54, 1.807) is 0 Å². The average molecular weight is 284 g/mol. The van der Waals surface area contributed by atoms with Gasteiger partial charge in [0.15, 0.2) is 5.60 Å². The second-order valence-electron chi connectivity index (χ2n) is 2.48. The Kier molecular flexibility index (Phi) is 10.7.